The number of thioether (sulfide) groups is 1. The van der Waals surface area contributed by atoms with Gasteiger partial charge in [-0.3, -0.25) is 0 Å². The van der Waals surface area contributed by atoms with Gasteiger partial charge in [0, 0.05) is 24.9 Å². The van der Waals surface area contributed by atoms with E-state index in [1.807, 2.05) is 11.8 Å². The van der Waals surface area contributed by atoms with E-state index in [4.69, 9.17) is 5.11 Å². The van der Waals surface area contributed by atoms with Crippen LogP contribution in [0.15, 0.2) is 0 Å². The van der Waals surface area contributed by atoms with Crippen LogP contribution in [0.1, 0.15) is 39.0 Å². The fourth-order valence-corrected chi connectivity index (χ4v) is 3.05. The van der Waals surface area contributed by atoms with Crippen molar-refractivity contribution in [3.05, 3.63) is 0 Å². The second kappa shape index (κ2) is 8.43. The fourth-order valence-electron chi connectivity index (χ4n) is 2.25. The molecular weight excluding hydrogens is 206 g/mol. The first-order valence-corrected chi connectivity index (χ1v) is 7.42. The van der Waals surface area contributed by atoms with E-state index >= 15 is 0 Å². The normalized spacial score (nSPS) is 19.6. The summed E-state index contributed by atoms with van der Waals surface area (Å²) in [7, 11) is 0. The number of hydrogen-bond donors (Lipinski definition) is 2. The van der Waals surface area contributed by atoms with Gasteiger partial charge in [-0.1, -0.05) is 12.8 Å². The molecule has 1 atom stereocenters. The molecular formula is C12H25NOS. The molecule has 0 aliphatic heterocycles. The molecule has 0 amide bonds. The zero-order valence-corrected chi connectivity index (χ0v) is 10.7. The zero-order valence-electron chi connectivity index (χ0n) is 9.87. The summed E-state index contributed by atoms with van der Waals surface area (Å²) in [5.41, 5.74) is 0. The molecule has 1 aliphatic carbocycles. The second-order valence-electron chi connectivity index (χ2n) is 4.48. The van der Waals surface area contributed by atoms with E-state index in [1.54, 1.807) is 0 Å². The van der Waals surface area contributed by atoms with Gasteiger partial charge >= 0.3 is 0 Å². The quantitative estimate of drug-likeness (QED) is 0.629. The number of rotatable bonds is 8. The highest BCUT2D eigenvalue weighted by atomic mass is 32.2. The Morgan fingerprint density at radius 2 is 2.07 bits per heavy atom. The van der Waals surface area contributed by atoms with Crippen LogP contribution in [-0.4, -0.2) is 35.8 Å². The standard InChI is InChI=1S/C12H25NOS/c1-11(12-5-2-3-6-12)13-7-10-15-9-4-8-14/h11-14H,2-10H2,1H3. The van der Waals surface area contributed by atoms with Gasteiger partial charge < -0.3 is 10.4 Å². The van der Waals surface area contributed by atoms with Crippen molar-refractivity contribution in [1.29, 1.82) is 0 Å². The number of nitrogens with one attached hydrogen (secondary N) is 1. The van der Waals surface area contributed by atoms with Crippen molar-refractivity contribution in [2.75, 3.05) is 24.7 Å². The Balaban J connectivity index is 1.90. The Bertz CT molecular complexity index is 149. The first-order chi connectivity index (χ1) is 7.34. The minimum absolute atomic E-state index is 0.332. The molecule has 1 unspecified atom stereocenters. The molecule has 90 valence electrons. The van der Waals surface area contributed by atoms with Crippen LogP contribution in [0.2, 0.25) is 0 Å². The smallest absolute Gasteiger partial charge is 0.0438 e. The van der Waals surface area contributed by atoms with Crippen molar-refractivity contribution in [2.45, 2.75) is 45.1 Å². The van der Waals surface area contributed by atoms with Crippen LogP contribution in [0, 0.1) is 5.92 Å². The average Bonchev–Trinajstić information content (AvgIpc) is 2.76. The Morgan fingerprint density at radius 3 is 2.73 bits per heavy atom. The van der Waals surface area contributed by atoms with Crippen molar-refractivity contribution >= 4 is 11.8 Å². The SMILES string of the molecule is CC(NCCSCCCO)C1CCCC1. The maximum atomic E-state index is 8.63. The van der Waals surface area contributed by atoms with Crippen LogP contribution in [-0.2, 0) is 0 Å². The van der Waals surface area contributed by atoms with Crippen LogP contribution in [0.3, 0.4) is 0 Å². The Kier molecular flexibility index (Phi) is 7.49. The molecule has 0 aromatic carbocycles. The molecule has 1 aliphatic rings. The predicted molar refractivity (Wildman–Crippen MR) is 68.5 cm³/mol. The van der Waals surface area contributed by atoms with Crippen LogP contribution >= 0.6 is 11.8 Å². The monoisotopic (exact) mass is 231 g/mol. The third-order valence-corrected chi connectivity index (χ3v) is 4.34. The molecule has 15 heavy (non-hydrogen) atoms. The molecule has 0 radical (unpaired) electrons. The lowest BCUT2D eigenvalue weighted by atomic mass is 10.00. The largest absolute Gasteiger partial charge is 0.396 e. The van der Waals surface area contributed by atoms with Gasteiger partial charge in [-0.2, -0.15) is 11.8 Å². The highest BCUT2D eigenvalue weighted by Crippen LogP contribution is 2.27. The van der Waals surface area contributed by atoms with E-state index in [0.29, 0.717) is 12.6 Å². The van der Waals surface area contributed by atoms with Gasteiger partial charge in [-0.05, 0) is 37.9 Å². The summed E-state index contributed by atoms with van der Waals surface area (Å²) in [6, 6.07) is 0.700. The van der Waals surface area contributed by atoms with E-state index in [-0.39, 0.29) is 0 Å². The molecule has 0 spiro atoms. The van der Waals surface area contributed by atoms with Gasteiger partial charge in [0.1, 0.15) is 0 Å². The van der Waals surface area contributed by atoms with Crippen LogP contribution in [0.5, 0.6) is 0 Å². The lowest BCUT2D eigenvalue weighted by Gasteiger charge is -2.20. The van der Waals surface area contributed by atoms with E-state index in [2.05, 4.69) is 12.2 Å². The lowest BCUT2D eigenvalue weighted by Crippen LogP contribution is -2.33. The Hall–Kier alpha value is 0.270. The van der Waals surface area contributed by atoms with E-state index in [0.717, 1.165) is 24.6 Å². The summed E-state index contributed by atoms with van der Waals surface area (Å²) in [5.74, 6) is 3.19. The molecule has 1 rings (SSSR count). The summed E-state index contributed by atoms with van der Waals surface area (Å²) in [5, 5.41) is 12.2. The summed E-state index contributed by atoms with van der Waals surface area (Å²) in [4.78, 5) is 0. The predicted octanol–water partition coefficient (Wildman–Crippen LogP) is 2.27. The Morgan fingerprint density at radius 1 is 1.33 bits per heavy atom. The topological polar surface area (TPSA) is 32.3 Å². The van der Waals surface area contributed by atoms with Gasteiger partial charge in [-0.15, -0.1) is 0 Å². The van der Waals surface area contributed by atoms with Gasteiger partial charge in [0.25, 0.3) is 0 Å². The van der Waals surface area contributed by atoms with Crippen LogP contribution < -0.4 is 5.32 Å². The van der Waals surface area contributed by atoms with Crippen LogP contribution in [0.25, 0.3) is 0 Å². The third-order valence-electron chi connectivity index (χ3n) is 3.27. The fraction of sp³-hybridized carbons (Fsp3) is 1.00. The minimum Gasteiger partial charge on any atom is -0.396 e. The van der Waals surface area contributed by atoms with E-state index in [1.165, 1.54) is 31.4 Å². The lowest BCUT2D eigenvalue weighted by molar-refractivity contribution is 0.296. The van der Waals surface area contributed by atoms with Gasteiger partial charge in [-0.25, -0.2) is 0 Å². The molecule has 3 heteroatoms. The second-order valence-corrected chi connectivity index (χ2v) is 5.70. The molecule has 1 saturated carbocycles. The molecule has 0 heterocycles. The number of aliphatic hydroxyl groups is 1. The van der Waals surface area contributed by atoms with Crippen molar-refractivity contribution in [3.63, 3.8) is 0 Å². The first-order valence-electron chi connectivity index (χ1n) is 6.26. The van der Waals surface area contributed by atoms with Gasteiger partial charge in [0.15, 0.2) is 0 Å². The van der Waals surface area contributed by atoms with Crippen molar-refractivity contribution in [3.8, 4) is 0 Å². The summed E-state index contributed by atoms with van der Waals surface area (Å²) >= 11 is 1.94. The van der Waals surface area contributed by atoms with Gasteiger partial charge in [0.2, 0.25) is 0 Å². The van der Waals surface area contributed by atoms with E-state index in [9.17, 15) is 0 Å². The molecule has 0 saturated heterocycles. The summed E-state index contributed by atoms with van der Waals surface area (Å²) < 4.78 is 0. The number of hydrogen-bond acceptors (Lipinski definition) is 3. The van der Waals surface area contributed by atoms with Crippen molar-refractivity contribution < 1.29 is 5.11 Å². The van der Waals surface area contributed by atoms with E-state index < -0.39 is 0 Å². The van der Waals surface area contributed by atoms with Crippen molar-refractivity contribution in [1.82, 2.24) is 5.32 Å². The molecule has 0 aromatic heterocycles. The highest BCUT2D eigenvalue weighted by molar-refractivity contribution is 7.99. The minimum atomic E-state index is 0.332. The zero-order chi connectivity index (χ0) is 10.9. The molecule has 0 bridgehead atoms. The molecule has 1 fully saturated rings. The first kappa shape index (κ1) is 13.3. The average molecular weight is 231 g/mol. The highest BCUT2D eigenvalue weighted by Gasteiger charge is 2.20. The van der Waals surface area contributed by atoms with Crippen molar-refractivity contribution in [2.24, 2.45) is 5.92 Å². The third kappa shape index (κ3) is 5.79. The summed E-state index contributed by atoms with van der Waals surface area (Å²) in [6.07, 6.45) is 6.64. The maximum absolute atomic E-state index is 8.63. The van der Waals surface area contributed by atoms with Gasteiger partial charge in [0.05, 0.1) is 0 Å². The maximum Gasteiger partial charge on any atom is 0.0438 e. The number of aliphatic hydroxyl groups excluding tert-OH is 1. The summed E-state index contributed by atoms with van der Waals surface area (Å²) in [6.45, 7) is 3.78. The molecule has 0 aromatic rings. The molecule has 2 N–H and O–H groups in total. The Labute approximate surface area is 98.2 Å². The molecule has 2 nitrogen and oxygen atoms in total. The van der Waals surface area contributed by atoms with Crippen LogP contribution in [0.4, 0.5) is 0 Å².